The maximum atomic E-state index is 14.2. The Labute approximate surface area is 131 Å². The molecule has 0 amide bonds. The number of piperazine rings is 1. The Morgan fingerprint density at radius 3 is 2.38 bits per heavy atom. The fourth-order valence-electron chi connectivity index (χ4n) is 3.72. The molecule has 5 heteroatoms. The summed E-state index contributed by atoms with van der Waals surface area (Å²) in [6, 6.07) is 4.18. The normalized spacial score (nSPS) is 22.0. The number of nitrogens with zero attached hydrogens (tertiary/aromatic N) is 1. The number of rotatable bonds is 3. The van der Waals surface area contributed by atoms with Gasteiger partial charge < -0.3 is 5.32 Å². The second-order valence-corrected chi connectivity index (χ2v) is 5.94. The highest BCUT2D eigenvalue weighted by Gasteiger charge is 2.33. The van der Waals surface area contributed by atoms with Crippen molar-refractivity contribution in [3.63, 3.8) is 0 Å². The van der Waals surface area contributed by atoms with Gasteiger partial charge in [-0.15, -0.1) is 12.4 Å². The summed E-state index contributed by atoms with van der Waals surface area (Å²) in [5.41, 5.74) is 0.681. The van der Waals surface area contributed by atoms with E-state index < -0.39 is 5.82 Å². The smallest absolute Gasteiger partial charge is 0.130 e. The molecule has 0 aromatic heterocycles. The van der Waals surface area contributed by atoms with Crippen molar-refractivity contribution in [1.29, 1.82) is 0 Å². The molecule has 21 heavy (non-hydrogen) atoms. The molecule has 1 saturated heterocycles. The molecule has 0 unspecified atom stereocenters. The quantitative estimate of drug-likeness (QED) is 0.918. The van der Waals surface area contributed by atoms with Gasteiger partial charge in [0.2, 0.25) is 0 Å². The van der Waals surface area contributed by atoms with Gasteiger partial charge in [0.05, 0.1) is 0 Å². The second-order valence-electron chi connectivity index (χ2n) is 5.94. The fourth-order valence-corrected chi connectivity index (χ4v) is 3.72. The van der Waals surface area contributed by atoms with Crippen molar-refractivity contribution < 1.29 is 8.78 Å². The van der Waals surface area contributed by atoms with Crippen molar-refractivity contribution >= 4 is 12.4 Å². The van der Waals surface area contributed by atoms with Crippen LogP contribution >= 0.6 is 12.4 Å². The van der Waals surface area contributed by atoms with Crippen LogP contribution in [0.4, 0.5) is 8.78 Å². The van der Waals surface area contributed by atoms with E-state index in [9.17, 15) is 8.78 Å². The molecule has 2 fully saturated rings. The molecule has 1 aliphatic carbocycles. The Morgan fingerprint density at radius 1 is 1.10 bits per heavy atom. The van der Waals surface area contributed by atoms with Gasteiger partial charge in [-0.3, -0.25) is 4.90 Å². The van der Waals surface area contributed by atoms with Gasteiger partial charge in [0.1, 0.15) is 11.6 Å². The molecule has 0 spiro atoms. The summed E-state index contributed by atoms with van der Waals surface area (Å²) in [7, 11) is 0. The van der Waals surface area contributed by atoms with E-state index in [0.717, 1.165) is 45.1 Å². The summed E-state index contributed by atoms with van der Waals surface area (Å²) in [6.07, 6.45) is 4.78. The highest BCUT2D eigenvalue weighted by atomic mass is 35.5. The fraction of sp³-hybridized carbons (Fsp3) is 0.625. The number of hydrogen-bond donors (Lipinski definition) is 1. The Kier molecular flexibility index (Phi) is 5.97. The molecule has 1 aromatic rings. The molecular formula is C16H23ClF2N2. The predicted molar refractivity (Wildman–Crippen MR) is 82.7 cm³/mol. The molecule has 0 bridgehead atoms. The Morgan fingerprint density at radius 2 is 1.76 bits per heavy atom. The minimum absolute atomic E-state index is 0. The first-order valence-corrected chi connectivity index (χ1v) is 7.65. The Hall–Kier alpha value is -0.710. The molecule has 3 rings (SSSR count). The maximum Gasteiger partial charge on any atom is 0.130 e. The SMILES string of the molecule is Cl.Fc1ccc([C@@H](C2CCCC2)N2CCNCC2)c(F)c1. The third-order valence-electron chi connectivity index (χ3n) is 4.67. The monoisotopic (exact) mass is 316 g/mol. The lowest BCUT2D eigenvalue weighted by atomic mass is 9.89. The molecule has 1 atom stereocenters. The van der Waals surface area contributed by atoms with E-state index in [0.29, 0.717) is 11.5 Å². The van der Waals surface area contributed by atoms with Crippen LogP contribution in [0.15, 0.2) is 18.2 Å². The minimum Gasteiger partial charge on any atom is -0.314 e. The van der Waals surface area contributed by atoms with Crippen LogP contribution in [-0.4, -0.2) is 31.1 Å². The van der Waals surface area contributed by atoms with Crippen molar-refractivity contribution in [2.45, 2.75) is 31.7 Å². The Bertz CT molecular complexity index is 458. The molecule has 2 nitrogen and oxygen atoms in total. The molecule has 0 radical (unpaired) electrons. The van der Waals surface area contributed by atoms with Crippen LogP contribution < -0.4 is 5.32 Å². The summed E-state index contributed by atoms with van der Waals surface area (Å²) in [4.78, 5) is 2.38. The molecule has 1 aliphatic heterocycles. The molecule has 2 aliphatic rings. The summed E-state index contributed by atoms with van der Waals surface area (Å²) in [5, 5.41) is 3.34. The highest BCUT2D eigenvalue weighted by molar-refractivity contribution is 5.85. The Balaban J connectivity index is 0.00000161. The summed E-state index contributed by atoms with van der Waals surface area (Å²) < 4.78 is 27.4. The van der Waals surface area contributed by atoms with Crippen LogP contribution in [0.5, 0.6) is 0 Å². The van der Waals surface area contributed by atoms with Crippen LogP contribution in [0.1, 0.15) is 37.3 Å². The van der Waals surface area contributed by atoms with Crippen LogP contribution in [0.25, 0.3) is 0 Å². The van der Waals surface area contributed by atoms with Gasteiger partial charge in [-0.2, -0.15) is 0 Å². The molecule has 118 valence electrons. The second kappa shape index (κ2) is 7.52. The van der Waals surface area contributed by atoms with Crippen LogP contribution in [0.3, 0.4) is 0 Å². The van der Waals surface area contributed by atoms with E-state index in [1.54, 1.807) is 6.07 Å². The third kappa shape index (κ3) is 3.74. The van der Waals surface area contributed by atoms with E-state index in [1.165, 1.54) is 18.9 Å². The van der Waals surface area contributed by atoms with E-state index in [2.05, 4.69) is 10.2 Å². The van der Waals surface area contributed by atoms with Gasteiger partial charge in [0.15, 0.2) is 0 Å². The largest absolute Gasteiger partial charge is 0.314 e. The first kappa shape index (κ1) is 16.7. The van der Waals surface area contributed by atoms with E-state index in [1.807, 2.05) is 0 Å². The van der Waals surface area contributed by atoms with Crippen molar-refractivity contribution in [3.8, 4) is 0 Å². The average Bonchev–Trinajstić information content (AvgIpc) is 2.97. The van der Waals surface area contributed by atoms with E-state index in [4.69, 9.17) is 0 Å². The van der Waals surface area contributed by atoms with Gasteiger partial charge in [-0.05, 0) is 24.8 Å². The molecule has 1 aromatic carbocycles. The summed E-state index contributed by atoms with van der Waals surface area (Å²) in [5.74, 6) is -0.370. The number of benzene rings is 1. The van der Waals surface area contributed by atoms with Crippen molar-refractivity contribution in [1.82, 2.24) is 10.2 Å². The zero-order valence-electron chi connectivity index (χ0n) is 12.2. The van der Waals surface area contributed by atoms with Gasteiger partial charge in [-0.25, -0.2) is 8.78 Å². The number of nitrogens with one attached hydrogen (secondary N) is 1. The summed E-state index contributed by atoms with van der Waals surface area (Å²) >= 11 is 0. The van der Waals surface area contributed by atoms with Gasteiger partial charge in [0.25, 0.3) is 0 Å². The van der Waals surface area contributed by atoms with E-state index >= 15 is 0 Å². The first-order valence-electron chi connectivity index (χ1n) is 7.65. The zero-order chi connectivity index (χ0) is 13.9. The lowest BCUT2D eigenvalue weighted by Gasteiger charge is -2.38. The zero-order valence-corrected chi connectivity index (χ0v) is 13.0. The van der Waals surface area contributed by atoms with E-state index in [-0.39, 0.29) is 24.3 Å². The molecule has 1 N–H and O–H groups in total. The van der Waals surface area contributed by atoms with Crippen molar-refractivity contribution in [3.05, 3.63) is 35.4 Å². The minimum atomic E-state index is -0.489. The maximum absolute atomic E-state index is 14.2. The lowest BCUT2D eigenvalue weighted by molar-refractivity contribution is 0.122. The van der Waals surface area contributed by atoms with Crippen LogP contribution in [-0.2, 0) is 0 Å². The van der Waals surface area contributed by atoms with Crippen LogP contribution in [0.2, 0.25) is 0 Å². The highest BCUT2D eigenvalue weighted by Crippen LogP contribution is 2.40. The van der Waals surface area contributed by atoms with Crippen molar-refractivity contribution in [2.24, 2.45) is 5.92 Å². The predicted octanol–water partition coefficient (Wildman–Crippen LogP) is 3.52. The number of hydrogen-bond acceptors (Lipinski definition) is 2. The van der Waals surface area contributed by atoms with Crippen LogP contribution in [0, 0.1) is 17.6 Å². The standard InChI is InChI=1S/C16H22F2N2.ClH/c17-13-5-6-14(15(18)11-13)16(12-3-1-2-4-12)20-9-7-19-8-10-20;/h5-6,11-12,16,19H,1-4,7-10H2;1H/t16-;/m1./s1. The molecular weight excluding hydrogens is 294 g/mol. The van der Waals surface area contributed by atoms with Crippen molar-refractivity contribution in [2.75, 3.05) is 26.2 Å². The third-order valence-corrected chi connectivity index (χ3v) is 4.67. The lowest BCUT2D eigenvalue weighted by Crippen LogP contribution is -2.46. The molecule has 1 saturated carbocycles. The first-order chi connectivity index (χ1) is 9.75. The van der Waals surface area contributed by atoms with Gasteiger partial charge in [-0.1, -0.05) is 18.9 Å². The topological polar surface area (TPSA) is 15.3 Å². The molecule has 1 heterocycles. The van der Waals surface area contributed by atoms with Gasteiger partial charge in [0, 0.05) is 43.9 Å². The number of halogens is 3. The average molecular weight is 317 g/mol. The van der Waals surface area contributed by atoms with Gasteiger partial charge >= 0.3 is 0 Å². The summed E-state index contributed by atoms with van der Waals surface area (Å²) in [6.45, 7) is 3.79.